The molecule has 3 nitrogen and oxygen atoms in total. The molecule has 140 valence electrons. The van der Waals surface area contributed by atoms with E-state index in [4.69, 9.17) is 4.42 Å². The van der Waals surface area contributed by atoms with Crippen LogP contribution >= 0.6 is 0 Å². The molecule has 1 aromatic heterocycles. The number of nitrogens with one attached hydrogen (secondary N) is 1. The average Bonchev–Trinajstić information content (AvgIpc) is 3.11. The Morgan fingerprint density at radius 3 is 2.57 bits per heavy atom. The summed E-state index contributed by atoms with van der Waals surface area (Å²) in [6.07, 6.45) is 1.22. The molecule has 3 heteroatoms. The molecule has 2 aliphatic rings. The van der Waals surface area contributed by atoms with Gasteiger partial charge in [0.25, 0.3) is 0 Å². The molecule has 6 rings (SSSR count). The normalized spacial score (nSPS) is 25.6. The largest absolute Gasteiger partial charge is 0.454 e. The lowest BCUT2D eigenvalue weighted by molar-refractivity contribution is 0.466. The number of fused-ring (bicyclic) bond motifs is 7. The third-order valence-corrected chi connectivity index (χ3v) is 7.31. The van der Waals surface area contributed by atoms with Crippen LogP contribution in [-0.4, -0.2) is 13.6 Å². The summed E-state index contributed by atoms with van der Waals surface area (Å²) in [5.74, 6) is 0. The second kappa shape index (κ2) is 5.11. The fraction of sp³-hybridized carbons (Fsp3) is 0.280. The van der Waals surface area contributed by atoms with Crippen molar-refractivity contribution in [1.29, 1.82) is 0 Å². The molecule has 2 atom stereocenters. The van der Waals surface area contributed by atoms with Crippen LogP contribution in [-0.2, 0) is 5.41 Å². The van der Waals surface area contributed by atoms with Crippen LogP contribution in [0.5, 0.6) is 0 Å². The summed E-state index contributed by atoms with van der Waals surface area (Å²) in [6, 6.07) is 21.5. The number of hydrogen-bond donors (Lipinski definition) is 1. The number of hydrogen-bond acceptors (Lipinski definition) is 3. The van der Waals surface area contributed by atoms with E-state index in [1.54, 1.807) is 0 Å². The molecule has 2 heterocycles. The van der Waals surface area contributed by atoms with E-state index in [1.165, 1.54) is 34.1 Å². The van der Waals surface area contributed by atoms with E-state index >= 15 is 0 Å². The maximum absolute atomic E-state index is 6.46. The average molecular weight is 368 g/mol. The zero-order valence-electron chi connectivity index (χ0n) is 16.5. The molecule has 3 aromatic carbocycles. The third kappa shape index (κ3) is 1.84. The molecule has 1 aliphatic heterocycles. The number of benzene rings is 3. The van der Waals surface area contributed by atoms with Crippen molar-refractivity contribution in [3.8, 4) is 0 Å². The van der Waals surface area contributed by atoms with Crippen LogP contribution in [0.2, 0.25) is 0 Å². The molecule has 0 radical (unpaired) electrons. The minimum Gasteiger partial charge on any atom is -0.454 e. The summed E-state index contributed by atoms with van der Waals surface area (Å²) in [5, 5.41) is 5.77. The first-order valence-corrected chi connectivity index (χ1v) is 10.0. The molecule has 4 aromatic rings. The molecule has 0 amide bonds. The number of rotatable bonds is 2. The fourth-order valence-electron chi connectivity index (χ4n) is 5.43. The minimum absolute atomic E-state index is 0.223. The van der Waals surface area contributed by atoms with Gasteiger partial charge >= 0.3 is 0 Å². The number of anilines is 3. The molecule has 0 spiro atoms. The second-order valence-electron chi connectivity index (χ2n) is 8.86. The van der Waals surface area contributed by atoms with Crippen molar-refractivity contribution in [3.63, 3.8) is 0 Å². The Balaban J connectivity index is 1.71. The van der Waals surface area contributed by atoms with Crippen molar-refractivity contribution in [2.45, 2.75) is 25.7 Å². The van der Waals surface area contributed by atoms with Gasteiger partial charge in [-0.25, -0.2) is 0 Å². The lowest BCUT2D eigenvalue weighted by Gasteiger charge is -2.38. The van der Waals surface area contributed by atoms with E-state index in [0.29, 0.717) is 5.41 Å². The highest BCUT2D eigenvalue weighted by molar-refractivity contribution is 6.11. The molecule has 1 saturated carbocycles. The van der Waals surface area contributed by atoms with E-state index in [-0.39, 0.29) is 5.41 Å². The quantitative estimate of drug-likeness (QED) is 0.441. The van der Waals surface area contributed by atoms with Gasteiger partial charge in [0.1, 0.15) is 5.58 Å². The first kappa shape index (κ1) is 16.1. The highest BCUT2D eigenvalue weighted by Crippen LogP contribution is 2.70. The van der Waals surface area contributed by atoms with Crippen molar-refractivity contribution in [3.05, 3.63) is 66.2 Å². The molecular formula is C25H24N2O. The van der Waals surface area contributed by atoms with Crippen molar-refractivity contribution in [2.24, 2.45) is 5.41 Å². The Labute approximate surface area is 164 Å². The van der Waals surface area contributed by atoms with Gasteiger partial charge in [0.2, 0.25) is 0 Å². The van der Waals surface area contributed by atoms with Crippen molar-refractivity contribution in [1.82, 2.24) is 0 Å². The van der Waals surface area contributed by atoms with Crippen LogP contribution in [0.25, 0.3) is 21.9 Å². The summed E-state index contributed by atoms with van der Waals surface area (Å²) in [5.41, 5.74) is 7.51. The number of para-hydroxylation sites is 3. The van der Waals surface area contributed by atoms with Gasteiger partial charge in [-0.2, -0.15) is 0 Å². The lowest BCUT2D eigenvalue weighted by atomic mass is 9.82. The third-order valence-electron chi connectivity index (χ3n) is 7.31. The van der Waals surface area contributed by atoms with Crippen LogP contribution < -0.4 is 10.2 Å². The topological polar surface area (TPSA) is 28.4 Å². The number of furan rings is 1. The molecule has 0 saturated heterocycles. The van der Waals surface area contributed by atoms with Gasteiger partial charge in [0.15, 0.2) is 5.58 Å². The summed E-state index contributed by atoms with van der Waals surface area (Å²) < 4.78 is 6.46. The first-order chi connectivity index (χ1) is 13.6. The number of nitrogens with zero attached hydrogens (tertiary/aromatic N) is 1. The molecule has 1 N–H and O–H groups in total. The van der Waals surface area contributed by atoms with Gasteiger partial charge < -0.3 is 14.6 Å². The monoisotopic (exact) mass is 368 g/mol. The van der Waals surface area contributed by atoms with E-state index in [2.05, 4.69) is 78.7 Å². The predicted octanol–water partition coefficient (Wildman–Crippen LogP) is 6.45. The predicted molar refractivity (Wildman–Crippen MR) is 117 cm³/mol. The van der Waals surface area contributed by atoms with Crippen LogP contribution in [0.3, 0.4) is 0 Å². The Morgan fingerprint density at radius 2 is 1.71 bits per heavy atom. The van der Waals surface area contributed by atoms with E-state index in [9.17, 15) is 0 Å². The molecule has 1 aliphatic carbocycles. The summed E-state index contributed by atoms with van der Waals surface area (Å²) >= 11 is 0. The van der Waals surface area contributed by atoms with Gasteiger partial charge in [0.05, 0.1) is 17.1 Å². The van der Waals surface area contributed by atoms with Crippen LogP contribution in [0.15, 0.2) is 65.1 Å². The van der Waals surface area contributed by atoms with Gasteiger partial charge in [-0.15, -0.1) is 0 Å². The van der Waals surface area contributed by atoms with Crippen LogP contribution in [0.1, 0.15) is 25.8 Å². The Bertz CT molecular complexity index is 1260. The second-order valence-corrected chi connectivity index (χ2v) is 8.86. The maximum Gasteiger partial charge on any atom is 0.159 e. The standard InChI is InChI=1S/C25H24N2O/c1-24-14-25(24,2)18-13-12-17-16-8-4-7-11-21(16)28-23(17)22(18)27(15-24)20-10-6-5-9-19(20)26-3/h4-13,26H,14-15H2,1-3H3. The smallest absolute Gasteiger partial charge is 0.159 e. The van der Waals surface area contributed by atoms with Gasteiger partial charge in [-0.1, -0.05) is 56.3 Å². The van der Waals surface area contributed by atoms with Gasteiger partial charge in [0, 0.05) is 29.8 Å². The highest BCUT2D eigenvalue weighted by Gasteiger charge is 2.66. The minimum atomic E-state index is 0.223. The summed E-state index contributed by atoms with van der Waals surface area (Å²) in [7, 11) is 1.99. The Kier molecular flexibility index (Phi) is 2.93. The van der Waals surface area contributed by atoms with E-state index in [0.717, 1.165) is 23.4 Å². The fourth-order valence-corrected chi connectivity index (χ4v) is 5.43. The molecule has 1 fully saturated rings. The molecule has 28 heavy (non-hydrogen) atoms. The van der Waals surface area contributed by atoms with E-state index < -0.39 is 0 Å². The maximum atomic E-state index is 6.46. The van der Waals surface area contributed by atoms with Crippen LogP contribution in [0.4, 0.5) is 17.1 Å². The van der Waals surface area contributed by atoms with Crippen molar-refractivity contribution in [2.75, 3.05) is 23.8 Å². The van der Waals surface area contributed by atoms with Crippen molar-refractivity contribution < 1.29 is 4.42 Å². The summed E-state index contributed by atoms with van der Waals surface area (Å²) in [4.78, 5) is 2.49. The SMILES string of the molecule is CNc1ccccc1N1CC2(C)CC2(C)c2ccc3c(oc4ccccc43)c21. The van der Waals surface area contributed by atoms with E-state index in [1.807, 2.05) is 13.1 Å². The molecule has 0 bridgehead atoms. The Morgan fingerprint density at radius 1 is 0.929 bits per heavy atom. The summed E-state index contributed by atoms with van der Waals surface area (Å²) in [6.45, 7) is 5.85. The zero-order chi connectivity index (χ0) is 19.1. The van der Waals surface area contributed by atoms with Gasteiger partial charge in [-0.05, 0) is 35.6 Å². The molecular weight excluding hydrogens is 344 g/mol. The van der Waals surface area contributed by atoms with Crippen LogP contribution in [0, 0.1) is 5.41 Å². The van der Waals surface area contributed by atoms with Crippen molar-refractivity contribution >= 4 is 39.0 Å². The molecule has 2 unspecified atom stereocenters. The lowest BCUT2D eigenvalue weighted by Crippen LogP contribution is -2.35. The Hall–Kier alpha value is -2.94. The zero-order valence-corrected chi connectivity index (χ0v) is 16.5. The first-order valence-electron chi connectivity index (χ1n) is 10.0. The van der Waals surface area contributed by atoms with Gasteiger partial charge in [-0.3, -0.25) is 0 Å². The highest BCUT2D eigenvalue weighted by atomic mass is 16.3.